The Hall–Kier alpha value is -2.12. The van der Waals surface area contributed by atoms with E-state index in [9.17, 15) is 14.4 Å². The maximum atomic E-state index is 12.1. The number of aliphatic carboxylic acids is 1. The van der Waals surface area contributed by atoms with Gasteiger partial charge >= 0.3 is 11.9 Å². The Morgan fingerprint density at radius 1 is 1.30 bits per heavy atom. The topological polar surface area (TPSA) is 95.9 Å². The second-order valence-electron chi connectivity index (χ2n) is 5.01. The number of nitrogens with one attached hydrogen (secondary N) is 1. The third kappa shape index (κ3) is 5.88. The molecule has 1 amide bonds. The Morgan fingerprint density at radius 2 is 2.00 bits per heavy atom. The van der Waals surface area contributed by atoms with Crippen LogP contribution in [-0.4, -0.2) is 53.5 Å². The minimum absolute atomic E-state index is 0. The summed E-state index contributed by atoms with van der Waals surface area (Å²) in [5.41, 5.74) is 0.867. The van der Waals surface area contributed by atoms with Gasteiger partial charge < -0.3 is 20.1 Å². The third-order valence-corrected chi connectivity index (χ3v) is 3.32. The summed E-state index contributed by atoms with van der Waals surface area (Å²) in [7, 11) is 0. The van der Waals surface area contributed by atoms with Crippen LogP contribution in [0.4, 0.5) is 0 Å². The molecule has 0 radical (unpaired) electrons. The molecule has 126 valence electrons. The smallest absolute Gasteiger partial charge is 0.323 e. The van der Waals surface area contributed by atoms with E-state index < -0.39 is 18.0 Å². The van der Waals surface area contributed by atoms with Crippen LogP contribution < -0.4 is 5.32 Å². The van der Waals surface area contributed by atoms with Gasteiger partial charge in [-0.3, -0.25) is 14.4 Å². The summed E-state index contributed by atoms with van der Waals surface area (Å²) in [5.74, 6) is -1.95. The maximum Gasteiger partial charge on any atom is 0.323 e. The second kappa shape index (κ2) is 9.12. The highest BCUT2D eigenvalue weighted by molar-refractivity contribution is 5.89. The summed E-state index contributed by atoms with van der Waals surface area (Å²) >= 11 is 0. The number of benzene rings is 1. The van der Waals surface area contributed by atoms with E-state index in [-0.39, 0.29) is 37.9 Å². The molecule has 2 N–H and O–H groups in total. The zero-order valence-corrected chi connectivity index (χ0v) is 13.3. The molecule has 0 spiro atoms. The number of hydrogen-bond acceptors (Lipinski definition) is 5. The van der Waals surface area contributed by atoms with Crippen LogP contribution in [0.1, 0.15) is 12.0 Å². The maximum absolute atomic E-state index is 12.1. The number of carboxylic acids is 1. The van der Waals surface area contributed by atoms with Gasteiger partial charge in [0.05, 0.1) is 12.5 Å². The number of ether oxygens (including phenoxy) is 1. The van der Waals surface area contributed by atoms with E-state index in [2.05, 4.69) is 5.32 Å². The number of halogens is 1. The third-order valence-electron chi connectivity index (χ3n) is 3.32. The lowest BCUT2D eigenvalue weighted by Crippen LogP contribution is -2.56. The van der Waals surface area contributed by atoms with E-state index in [1.165, 1.54) is 4.90 Å². The first-order chi connectivity index (χ1) is 10.6. The van der Waals surface area contributed by atoms with Crippen molar-refractivity contribution in [2.24, 2.45) is 0 Å². The lowest BCUT2D eigenvalue weighted by molar-refractivity contribution is -0.151. The molecule has 1 aromatic carbocycles. The molecule has 1 saturated heterocycles. The molecule has 1 heterocycles. The number of hydrogen-bond donors (Lipinski definition) is 2. The number of esters is 1. The van der Waals surface area contributed by atoms with Gasteiger partial charge in [-0.25, -0.2) is 0 Å². The quantitative estimate of drug-likeness (QED) is 0.728. The highest BCUT2D eigenvalue weighted by Crippen LogP contribution is 2.08. The van der Waals surface area contributed by atoms with E-state index >= 15 is 0 Å². The number of carboxylic acid groups (broad SMARTS) is 1. The SMILES string of the molecule is Cl.O=C(O)CN1CCNC(CC(=O)OCc2ccccc2)C1=O. The van der Waals surface area contributed by atoms with Crippen molar-refractivity contribution < 1.29 is 24.2 Å². The highest BCUT2D eigenvalue weighted by atomic mass is 35.5. The molecular formula is C15H19ClN2O5. The second-order valence-corrected chi connectivity index (χ2v) is 5.01. The van der Waals surface area contributed by atoms with Gasteiger partial charge in [0.1, 0.15) is 13.2 Å². The van der Waals surface area contributed by atoms with Crippen LogP contribution in [-0.2, 0) is 25.7 Å². The van der Waals surface area contributed by atoms with Crippen molar-refractivity contribution in [1.29, 1.82) is 0 Å². The van der Waals surface area contributed by atoms with Crippen molar-refractivity contribution in [3.63, 3.8) is 0 Å². The first-order valence-electron chi connectivity index (χ1n) is 7.00. The van der Waals surface area contributed by atoms with Crippen LogP contribution in [0.25, 0.3) is 0 Å². The Kier molecular flexibility index (Phi) is 7.50. The standard InChI is InChI=1S/C15H18N2O5.ClH/c18-13(19)9-17-7-6-16-12(15(17)21)8-14(20)22-10-11-4-2-1-3-5-11;/h1-5,12,16H,6-10H2,(H,18,19);1H. The van der Waals surface area contributed by atoms with Crippen molar-refractivity contribution in [2.75, 3.05) is 19.6 Å². The van der Waals surface area contributed by atoms with Crippen LogP contribution in [0.5, 0.6) is 0 Å². The number of amides is 1. The highest BCUT2D eigenvalue weighted by Gasteiger charge is 2.31. The number of carbonyl (C=O) groups excluding carboxylic acids is 2. The molecule has 0 aromatic heterocycles. The molecule has 2 rings (SSSR count). The molecule has 1 atom stereocenters. The minimum Gasteiger partial charge on any atom is -0.480 e. The first-order valence-corrected chi connectivity index (χ1v) is 7.00. The average Bonchev–Trinajstić information content (AvgIpc) is 2.50. The number of carbonyl (C=O) groups is 3. The van der Waals surface area contributed by atoms with Gasteiger partial charge in [0.15, 0.2) is 0 Å². The normalized spacial score (nSPS) is 17.3. The van der Waals surface area contributed by atoms with E-state index in [1.807, 2.05) is 30.3 Å². The van der Waals surface area contributed by atoms with Gasteiger partial charge in [0.2, 0.25) is 5.91 Å². The monoisotopic (exact) mass is 342 g/mol. The summed E-state index contributed by atoms with van der Waals surface area (Å²) in [5, 5.41) is 11.7. The van der Waals surface area contributed by atoms with E-state index in [0.29, 0.717) is 13.1 Å². The summed E-state index contributed by atoms with van der Waals surface area (Å²) in [4.78, 5) is 35.8. The van der Waals surface area contributed by atoms with Crippen molar-refractivity contribution >= 4 is 30.3 Å². The summed E-state index contributed by atoms with van der Waals surface area (Å²) in [6, 6.07) is 8.51. The summed E-state index contributed by atoms with van der Waals surface area (Å²) in [6.45, 7) is 0.575. The van der Waals surface area contributed by atoms with Crippen LogP contribution in [0, 0.1) is 0 Å². The van der Waals surface area contributed by atoms with Crippen LogP contribution >= 0.6 is 12.4 Å². The fourth-order valence-corrected chi connectivity index (χ4v) is 2.24. The van der Waals surface area contributed by atoms with Gasteiger partial charge in [-0.2, -0.15) is 0 Å². The molecule has 1 aromatic rings. The Balaban J connectivity index is 0.00000264. The molecule has 23 heavy (non-hydrogen) atoms. The zero-order chi connectivity index (χ0) is 15.9. The van der Waals surface area contributed by atoms with Gasteiger partial charge in [-0.05, 0) is 5.56 Å². The van der Waals surface area contributed by atoms with E-state index in [1.54, 1.807) is 0 Å². The molecule has 1 fully saturated rings. The lowest BCUT2D eigenvalue weighted by Gasteiger charge is -2.31. The predicted octanol–water partition coefficient (Wildman–Crippen LogP) is 0.427. The number of nitrogens with zero attached hydrogens (tertiary/aromatic N) is 1. The van der Waals surface area contributed by atoms with Crippen molar-refractivity contribution in [3.05, 3.63) is 35.9 Å². The molecule has 1 aliphatic rings. The minimum atomic E-state index is -1.07. The number of piperazine rings is 1. The predicted molar refractivity (Wildman–Crippen MR) is 84.1 cm³/mol. The molecule has 0 aliphatic carbocycles. The molecule has 0 bridgehead atoms. The molecule has 1 aliphatic heterocycles. The fourth-order valence-electron chi connectivity index (χ4n) is 2.24. The van der Waals surface area contributed by atoms with Gasteiger partial charge in [-0.15, -0.1) is 12.4 Å². The van der Waals surface area contributed by atoms with Gasteiger partial charge in [-0.1, -0.05) is 30.3 Å². The Labute approximate surface area is 140 Å². The summed E-state index contributed by atoms with van der Waals surface area (Å²) in [6.07, 6.45) is -0.109. The first kappa shape index (κ1) is 18.9. The van der Waals surface area contributed by atoms with Crippen LogP contribution in [0.3, 0.4) is 0 Å². The Bertz CT molecular complexity index is 552. The Morgan fingerprint density at radius 3 is 2.65 bits per heavy atom. The van der Waals surface area contributed by atoms with E-state index in [0.717, 1.165) is 5.56 Å². The molecule has 7 nitrogen and oxygen atoms in total. The van der Waals surface area contributed by atoms with Gasteiger partial charge in [0.25, 0.3) is 0 Å². The van der Waals surface area contributed by atoms with Crippen LogP contribution in [0.2, 0.25) is 0 Å². The number of rotatable bonds is 6. The zero-order valence-electron chi connectivity index (χ0n) is 12.4. The molecule has 8 heteroatoms. The molecule has 0 saturated carbocycles. The van der Waals surface area contributed by atoms with Crippen molar-refractivity contribution in [1.82, 2.24) is 10.2 Å². The van der Waals surface area contributed by atoms with Crippen molar-refractivity contribution in [2.45, 2.75) is 19.1 Å². The van der Waals surface area contributed by atoms with Crippen LogP contribution in [0.15, 0.2) is 30.3 Å². The fraction of sp³-hybridized carbons (Fsp3) is 0.400. The largest absolute Gasteiger partial charge is 0.480 e. The van der Waals surface area contributed by atoms with Crippen molar-refractivity contribution in [3.8, 4) is 0 Å². The molecular weight excluding hydrogens is 324 g/mol. The van der Waals surface area contributed by atoms with Gasteiger partial charge in [0, 0.05) is 13.1 Å². The lowest BCUT2D eigenvalue weighted by atomic mass is 10.1. The molecule has 1 unspecified atom stereocenters. The average molecular weight is 343 g/mol. The summed E-state index contributed by atoms with van der Waals surface area (Å²) < 4.78 is 5.13. The van der Waals surface area contributed by atoms with E-state index in [4.69, 9.17) is 9.84 Å².